The molecule has 0 saturated heterocycles. The van der Waals surface area contributed by atoms with E-state index in [2.05, 4.69) is 30.1 Å². The molecule has 0 amide bonds. The minimum absolute atomic E-state index is 0.467. The van der Waals surface area contributed by atoms with Gasteiger partial charge >= 0.3 is 0 Å². The molecule has 2 aromatic rings. The highest BCUT2D eigenvalue weighted by atomic mass is 32.1. The second-order valence-electron chi connectivity index (χ2n) is 4.50. The summed E-state index contributed by atoms with van der Waals surface area (Å²) in [5.74, 6) is 0. The zero-order chi connectivity index (χ0) is 13.7. The number of aryl methyl sites for hydroxylation is 1. The van der Waals surface area contributed by atoms with Gasteiger partial charge in [0.15, 0.2) is 5.13 Å². The number of hydrogen-bond acceptors (Lipinski definition) is 4. The molecule has 98 valence electrons. The highest BCUT2D eigenvalue weighted by molar-refractivity contribution is 7.15. The van der Waals surface area contributed by atoms with Gasteiger partial charge in [0.2, 0.25) is 0 Å². The molecule has 0 bridgehead atoms. The van der Waals surface area contributed by atoms with Crippen LogP contribution in [0.2, 0.25) is 0 Å². The van der Waals surface area contributed by atoms with E-state index in [9.17, 15) is 0 Å². The first-order valence-corrected chi connectivity index (χ1v) is 7.23. The van der Waals surface area contributed by atoms with Crippen LogP contribution in [0.4, 0.5) is 5.13 Å². The lowest BCUT2D eigenvalue weighted by molar-refractivity contribution is 0.879. The molecular formula is C15H17N3S. The number of nitriles is 1. The SMILES string of the molecule is CCCc1nc(N)sc1Cc1ccc(CC#N)cc1. The number of nitrogen functional groups attached to an aromatic ring is 1. The third kappa shape index (κ3) is 3.55. The molecule has 0 saturated carbocycles. The molecule has 2 N–H and O–H groups in total. The lowest BCUT2D eigenvalue weighted by Gasteiger charge is -2.02. The summed E-state index contributed by atoms with van der Waals surface area (Å²) in [7, 11) is 0. The number of nitrogens with zero attached hydrogens (tertiary/aromatic N) is 2. The largest absolute Gasteiger partial charge is 0.375 e. The first-order valence-electron chi connectivity index (χ1n) is 6.41. The van der Waals surface area contributed by atoms with Gasteiger partial charge in [0, 0.05) is 11.3 Å². The molecule has 0 aliphatic carbocycles. The highest BCUT2D eigenvalue weighted by Crippen LogP contribution is 2.24. The third-order valence-corrected chi connectivity index (χ3v) is 3.88. The molecule has 1 aromatic heterocycles. The fourth-order valence-corrected chi connectivity index (χ4v) is 2.94. The molecule has 1 heterocycles. The van der Waals surface area contributed by atoms with E-state index < -0.39 is 0 Å². The third-order valence-electron chi connectivity index (χ3n) is 2.95. The zero-order valence-corrected chi connectivity index (χ0v) is 11.8. The van der Waals surface area contributed by atoms with E-state index in [4.69, 9.17) is 11.0 Å². The molecule has 0 spiro atoms. The summed E-state index contributed by atoms with van der Waals surface area (Å²) in [5.41, 5.74) is 9.23. The van der Waals surface area contributed by atoms with Crippen molar-refractivity contribution in [2.75, 3.05) is 5.73 Å². The first kappa shape index (κ1) is 13.6. The van der Waals surface area contributed by atoms with E-state index in [-0.39, 0.29) is 0 Å². The van der Waals surface area contributed by atoms with E-state index in [1.165, 1.54) is 10.4 Å². The molecule has 0 fully saturated rings. The van der Waals surface area contributed by atoms with Gasteiger partial charge in [-0.2, -0.15) is 5.26 Å². The van der Waals surface area contributed by atoms with Gasteiger partial charge < -0.3 is 5.73 Å². The summed E-state index contributed by atoms with van der Waals surface area (Å²) in [6, 6.07) is 10.4. The molecule has 4 heteroatoms. The van der Waals surface area contributed by atoms with Gasteiger partial charge in [-0.25, -0.2) is 4.98 Å². The highest BCUT2D eigenvalue weighted by Gasteiger charge is 2.09. The monoisotopic (exact) mass is 271 g/mol. The normalized spacial score (nSPS) is 10.3. The Labute approximate surface area is 117 Å². The van der Waals surface area contributed by atoms with Crippen LogP contribution in [0.1, 0.15) is 35.0 Å². The van der Waals surface area contributed by atoms with Gasteiger partial charge in [0.25, 0.3) is 0 Å². The molecule has 0 radical (unpaired) electrons. The van der Waals surface area contributed by atoms with Gasteiger partial charge in [-0.1, -0.05) is 37.6 Å². The van der Waals surface area contributed by atoms with E-state index in [1.54, 1.807) is 11.3 Å². The van der Waals surface area contributed by atoms with Gasteiger partial charge in [0.1, 0.15) is 0 Å². The summed E-state index contributed by atoms with van der Waals surface area (Å²) in [5, 5.41) is 9.30. The summed E-state index contributed by atoms with van der Waals surface area (Å²) >= 11 is 1.58. The number of aromatic nitrogens is 1. The Morgan fingerprint density at radius 2 is 1.95 bits per heavy atom. The first-order chi connectivity index (χ1) is 9.22. The van der Waals surface area contributed by atoms with Crippen LogP contribution in [-0.2, 0) is 19.3 Å². The fourth-order valence-electron chi connectivity index (χ4n) is 2.03. The molecule has 0 aliphatic rings. The van der Waals surface area contributed by atoms with E-state index in [0.29, 0.717) is 11.6 Å². The molecule has 0 atom stereocenters. The number of anilines is 1. The molecule has 0 aliphatic heterocycles. The van der Waals surface area contributed by atoms with E-state index in [1.807, 2.05) is 12.1 Å². The molecule has 19 heavy (non-hydrogen) atoms. The Morgan fingerprint density at radius 3 is 2.58 bits per heavy atom. The van der Waals surface area contributed by atoms with Crippen molar-refractivity contribution in [1.29, 1.82) is 5.26 Å². The Hall–Kier alpha value is -1.86. The predicted molar refractivity (Wildman–Crippen MR) is 79.1 cm³/mol. The lowest BCUT2D eigenvalue weighted by Crippen LogP contribution is -1.93. The van der Waals surface area contributed by atoms with Crippen molar-refractivity contribution in [3.63, 3.8) is 0 Å². The second kappa shape index (κ2) is 6.35. The van der Waals surface area contributed by atoms with Crippen LogP contribution < -0.4 is 5.73 Å². The smallest absolute Gasteiger partial charge is 0.180 e. The van der Waals surface area contributed by atoms with Crippen LogP contribution in [0, 0.1) is 11.3 Å². The minimum Gasteiger partial charge on any atom is -0.375 e. The molecule has 3 nitrogen and oxygen atoms in total. The van der Waals surface area contributed by atoms with Crippen LogP contribution in [0.25, 0.3) is 0 Å². The summed E-state index contributed by atoms with van der Waals surface area (Å²) in [4.78, 5) is 5.65. The van der Waals surface area contributed by atoms with Gasteiger partial charge in [-0.15, -0.1) is 11.3 Å². The van der Waals surface area contributed by atoms with Crippen LogP contribution >= 0.6 is 11.3 Å². The summed E-state index contributed by atoms with van der Waals surface area (Å²) in [6.45, 7) is 2.15. The Kier molecular flexibility index (Phi) is 4.53. The Balaban J connectivity index is 2.14. The average Bonchev–Trinajstić information content (AvgIpc) is 2.73. The van der Waals surface area contributed by atoms with Crippen molar-refractivity contribution in [2.45, 2.75) is 32.6 Å². The Bertz CT molecular complexity index is 578. The van der Waals surface area contributed by atoms with Gasteiger partial charge in [-0.3, -0.25) is 0 Å². The number of rotatable bonds is 5. The summed E-state index contributed by atoms with van der Waals surface area (Å²) < 4.78 is 0. The summed E-state index contributed by atoms with van der Waals surface area (Å²) in [6.07, 6.45) is 3.40. The lowest BCUT2D eigenvalue weighted by atomic mass is 10.1. The van der Waals surface area contributed by atoms with Crippen molar-refractivity contribution >= 4 is 16.5 Å². The zero-order valence-electron chi connectivity index (χ0n) is 11.0. The number of thiazole rings is 1. The van der Waals surface area contributed by atoms with Crippen LogP contribution in [-0.4, -0.2) is 4.98 Å². The fraction of sp³-hybridized carbons (Fsp3) is 0.333. The molecular weight excluding hydrogens is 254 g/mol. The standard InChI is InChI=1S/C15H17N3S/c1-2-3-13-14(19-15(17)18-13)10-12-6-4-11(5-7-12)8-9-16/h4-7H,2-3,8,10H2,1H3,(H2,17,18). The maximum atomic E-state index is 8.65. The molecule has 0 unspecified atom stereocenters. The van der Waals surface area contributed by atoms with Crippen LogP contribution in [0.15, 0.2) is 24.3 Å². The second-order valence-corrected chi connectivity index (χ2v) is 5.62. The van der Waals surface area contributed by atoms with Crippen LogP contribution in [0.3, 0.4) is 0 Å². The van der Waals surface area contributed by atoms with Crippen molar-refractivity contribution < 1.29 is 0 Å². The molecule has 2 rings (SSSR count). The number of nitrogens with two attached hydrogens (primary N) is 1. The molecule has 1 aromatic carbocycles. The average molecular weight is 271 g/mol. The van der Waals surface area contributed by atoms with Crippen molar-refractivity contribution in [2.24, 2.45) is 0 Å². The number of hydrogen-bond donors (Lipinski definition) is 1. The minimum atomic E-state index is 0.467. The van der Waals surface area contributed by atoms with E-state index >= 15 is 0 Å². The van der Waals surface area contributed by atoms with Crippen molar-refractivity contribution in [1.82, 2.24) is 4.98 Å². The van der Waals surface area contributed by atoms with Crippen molar-refractivity contribution in [3.8, 4) is 6.07 Å². The maximum Gasteiger partial charge on any atom is 0.180 e. The number of benzene rings is 1. The maximum absolute atomic E-state index is 8.65. The predicted octanol–water partition coefficient (Wildman–Crippen LogP) is 3.33. The van der Waals surface area contributed by atoms with Gasteiger partial charge in [-0.05, 0) is 17.5 Å². The topological polar surface area (TPSA) is 62.7 Å². The van der Waals surface area contributed by atoms with Crippen LogP contribution in [0.5, 0.6) is 0 Å². The van der Waals surface area contributed by atoms with Gasteiger partial charge in [0.05, 0.1) is 18.2 Å². The van der Waals surface area contributed by atoms with Crippen molar-refractivity contribution in [3.05, 3.63) is 46.0 Å². The van der Waals surface area contributed by atoms with E-state index in [0.717, 1.165) is 30.5 Å². The Morgan fingerprint density at radius 1 is 1.26 bits per heavy atom. The quantitative estimate of drug-likeness (QED) is 0.907.